The van der Waals surface area contributed by atoms with Crippen molar-refractivity contribution in [2.45, 2.75) is 39.9 Å². The van der Waals surface area contributed by atoms with Crippen molar-refractivity contribution >= 4 is 0 Å². The molecule has 2 aromatic rings. The lowest BCUT2D eigenvalue weighted by molar-refractivity contribution is 0.569. The molecule has 0 saturated carbocycles. The molecule has 3 nitrogen and oxygen atoms in total. The minimum Gasteiger partial charge on any atom is -0.306 e. The molecule has 1 heterocycles. The molecule has 0 saturated heterocycles. The molecule has 2 rings (SSSR count). The molecule has 0 aliphatic rings. The predicted octanol–water partition coefficient (Wildman–Crippen LogP) is 3.20. The molecule has 0 radical (unpaired) electrons. The van der Waals surface area contributed by atoms with E-state index in [4.69, 9.17) is 0 Å². The van der Waals surface area contributed by atoms with Crippen molar-refractivity contribution in [2.75, 3.05) is 0 Å². The first-order valence-electron chi connectivity index (χ1n) is 6.62. The fourth-order valence-electron chi connectivity index (χ4n) is 2.10. The molecule has 1 unspecified atom stereocenters. The zero-order valence-corrected chi connectivity index (χ0v) is 11.7. The van der Waals surface area contributed by atoms with Gasteiger partial charge in [0.15, 0.2) is 0 Å². The van der Waals surface area contributed by atoms with E-state index in [1.54, 1.807) is 12.1 Å². The maximum absolute atomic E-state index is 12.8. The highest BCUT2D eigenvalue weighted by Gasteiger charge is 2.11. The number of halogens is 1. The number of hydrogen-bond acceptors (Lipinski definition) is 2. The van der Waals surface area contributed by atoms with Crippen LogP contribution in [0.15, 0.2) is 30.5 Å². The molecule has 1 aromatic heterocycles. The molecule has 0 fully saturated rings. The number of nitrogens with zero attached hydrogens (tertiary/aromatic N) is 2. The van der Waals surface area contributed by atoms with Crippen LogP contribution in [0.1, 0.15) is 36.7 Å². The van der Waals surface area contributed by atoms with Gasteiger partial charge in [0.1, 0.15) is 5.82 Å². The summed E-state index contributed by atoms with van der Waals surface area (Å²) in [5.74, 6) is -0.197. The topological polar surface area (TPSA) is 29.9 Å². The summed E-state index contributed by atoms with van der Waals surface area (Å²) in [5, 5.41) is 7.88. The van der Waals surface area contributed by atoms with Crippen molar-refractivity contribution in [1.82, 2.24) is 15.1 Å². The molecular formula is C15H20FN3. The average molecular weight is 261 g/mol. The molecule has 1 aromatic carbocycles. The zero-order chi connectivity index (χ0) is 13.8. The Morgan fingerprint density at radius 3 is 2.58 bits per heavy atom. The van der Waals surface area contributed by atoms with Crippen molar-refractivity contribution in [2.24, 2.45) is 0 Å². The third kappa shape index (κ3) is 3.41. The largest absolute Gasteiger partial charge is 0.306 e. The second-order valence-corrected chi connectivity index (χ2v) is 4.75. The van der Waals surface area contributed by atoms with Gasteiger partial charge in [-0.1, -0.05) is 12.1 Å². The van der Waals surface area contributed by atoms with Gasteiger partial charge in [-0.2, -0.15) is 5.10 Å². The standard InChI is InChI=1S/C15H20FN3/c1-4-19-10-15(12(3)18-19)11(2)17-9-13-5-7-14(16)8-6-13/h5-8,10-11,17H,4,9H2,1-3H3. The van der Waals surface area contributed by atoms with Crippen LogP contribution in [0.4, 0.5) is 4.39 Å². The summed E-state index contributed by atoms with van der Waals surface area (Å²) >= 11 is 0. The maximum Gasteiger partial charge on any atom is 0.123 e. The van der Waals surface area contributed by atoms with E-state index in [1.165, 1.54) is 17.7 Å². The third-order valence-corrected chi connectivity index (χ3v) is 3.30. The van der Waals surface area contributed by atoms with Crippen LogP contribution in [0.2, 0.25) is 0 Å². The van der Waals surface area contributed by atoms with E-state index in [1.807, 2.05) is 11.6 Å². The minimum atomic E-state index is -0.197. The Hall–Kier alpha value is -1.68. The summed E-state index contributed by atoms with van der Waals surface area (Å²) in [6, 6.07) is 6.81. The van der Waals surface area contributed by atoms with Gasteiger partial charge < -0.3 is 5.32 Å². The number of nitrogens with one attached hydrogen (secondary N) is 1. The van der Waals surface area contributed by atoms with Crippen LogP contribution in [0.5, 0.6) is 0 Å². The highest BCUT2D eigenvalue weighted by atomic mass is 19.1. The van der Waals surface area contributed by atoms with Gasteiger partial charge in [-0.25, -0.2) is 4.39 Å². The van der Waals surface area contributed by atoms with E-state index < -0.39 is 0 Å². The van der Waals surface area contributed by atoms with Crippen molar-refractivity contribution in [1.29, 1.82) is 0 Å². The van der Waals surface area contributed by atoms with Crippen LogP contribution in [0, 0.1) is 12.7 Å². The number of aromatic nitrogens is 2. The summed E-state index contributed by atoms with van der Waals surface area (Å²) in [6.07, 6.45) is 2.08. The molecule has 4 heteroatoms. The molecule has 0 spiro atoms. The Balaban J connectivity index is 1.98. The first-order chi connectivity index (χ1) is 9.10. The van der Waals surface area contributed by atoms with Crippen LogP contribution in [-0.4, -0.2) is 9.78 Å². The minimum absolute atomic E-state index is 0.197. The second-order valence-electron chi connectivity index (χ2n) is 4.75. The summed E-state index contributed by atoms with van der Waals surface area (Å²) in [6.45, 7) is 7.82. The fraction of sp³-hybridized carbons (Fsp3) is 0.400. The first kappa shape index (κ1) is 13.7. The first-order valence-corrected chi connectivity index (χ1v) is 6.62. The van der Waals surface area contributed by atoms with Gasteiger partial charge >= 0.3 is 0 Å². The number of rotatable bonds is 5. The fourth-order valence-corrected chi connectivity index (χ4v) is 2.10. The molecule has 0 bridgehead atoms. The quantitative estimate of drug-likeness (QED) is 0.895. The molecule has 1 N–H and O–H groups in total. The molecule has 0 aliphatic heterocycles. The summed E-state index contributed by atoms with van der Waals surface area (Å²) in [7, 11) is 0. The van der Waals surface area contributed by atoms with E-state index in [2.05, 4.69) is 30.5 Å². The second kappa shape index (κ2) is 5.97. The van der Waals surface area contributed by atoms with Gasteiger partial charge in [-0.3, -0.25) is 4.68 Å². The number of hydrogen-bond donors (Lipinski definition) is 1. The van der Waals surface area contributed by atoms with Gasteiger partial charge in [-0.05, 0) is 38.5 Å². The van der Waals surface area contributed by atoms with E-state index in [0.29, 0.717) is 0 Å². The van der Waals surface area contributed by atoms with E-state index >= 15 is 0 Å². The van der Waals surface area contributed by atoms with E-state index in [-0.39, 0.29) is 11.9 Å². The SMILES string of the molecule is CCn1cc(C(C)NCc2ccc(F)cc2)c(C)n1. The Bertz CT molecular complexity index is 531. The smallest absolute Gasteiger partial charge is 0.123 e. The highest BCUT2D eigenvalue weighted by molar-refractivity contribution is 5.20. The van der Waals surface area contributed by atoms with Crippen molar-refractivity contribution in [3.63, 3.8) is 0 Å². The Morgan fingerprint density at radius 2 is 2.00 bits per heavy atom. The molecular weight excluding hydrogens is 241 g/mol. The highest BCUT2D eigenvalue weighted by Crippen LogP contribution is 2.16. The zero-order valence-electron chi connectivity index (χ0n) is 11.7. The predicted molar refractivity (Wildman–Crippen MR) is 74.3 cm³/mol. The summed E-state index contributed by atoms with van der Waals surface area (Å²) < 4.78 is 14.8. The molecule has 0 aliphatic carbocycles. The third-order valence-electron chi connectivity index (χ3n) is 3.30. The van der Waals surface area contributed by atoms with Gasteiger partial charge in [0.05, 0.1) is 5.69 Å². The van der Waals surface area contributed by atoms with E-state index in [0.717, 1.165) is 24.3 Å². The lowest BCUT2D eigenvalue weighted by atomic mass is 10.1. The Labute approximate surface area is 113 Å². The van der Waals surface area contributed by atoms with Crippen molar-refractivity contribution < 1.29 is 4.39 Å². The Morgan fingerprint density at radius 1 is 1.32 bits per heavy atom. The summed E-state index contributed by atoms with van der Waals surface area (Å²) in [4.78, 5) is 0. The lowest BCUT2D eigenvalue weighted by Crippen LogP contribution is -2.18. The van der Waals surface area contributed by atoms with Crippen LogP contribution in [-0.2, 0) is 13.1 Å². The number of benzene rings is 1. The van der Waals surface area contributed by atoms with Gasteiger partial charge in [0.25, 0.3) is 0 Å². The summed E-state index contributed by atoms with van der Waals surface area (Å²) in [5.41, 5.74) is 3.35. The number of aryl methyl sites for hydroxylation is 2. The van der Waals surface area contributed by atoms with Gasteiger partial charge in [0.2, 0.25) is 0 Å². The monoisotopic (exact) mass is 261 g/mol. The van der Waals surface area contributed by atoms with Crippen LogP contribution in [0.25, 0.3) is 0 Å². The molecule has 0 amide bonds. The lowest BCUT2D eigenvalue weighted by Gasteiger charge is -2.13. The van der Waals surface area contributed by atoms with Gasteiger partial charge in [-0.15, -0.1) is 0 Å². The Kier molecular flexibility index (Phi) is 4.32. The molecule has 19 heavy (non-hydrogen) atoms. The average Bonchev–Trinajstić information content (AvgIpc) is 2.79. The van der Waals surface area contributed by atoms with Gasteiger partial charge in [0, 0.05) is 30.9 Å². The maximum atomic E-state index is 12.8. The van der Waals surface area contributed by atoms with E-state index in [9.17, 15) is 4.39 Å². The van der Waals surface area contributed by atoms with Crippen LogP contribution in [0.3, 0.4) is 0 Å². The molecule has 102 valence electrons. The van der Waals surface area contributed by atoms with Crippen LogP contribution >= 0.6 is 0 Å². The normalized spacial score (nSPS) is 12.6. The molecule has 1 atom stereocenters. The van der Waals surface area contributed by atoms with Crippen LogP contribution < -0.4 is 5.32 Å². The van der Waals surface area contributed by atoms with Crippen molar-refractivity contribution in [3.05, 3.63) is 53.1 Å². The van der Waals surface area contributed by atoms with Crippen molar-refractivity contribution in [3.8, 4) is 0 Å².